The molecule has 0 aromatic heterocycles. The molecule has 8 heteroatoms. The third-order valence-electron chi connectivity index (χ3n) is 2.77. The van der Waals surface area contributed by atoms with Crippen LogP contribution in [0.2, 0.25) is 0 Å². The molecule has 0 unspecified atom stereocenters. The molecule has 1 heterocycles. The Labute approximate surface area is 120 Å². The third kappa shape index (κ3) is 6.01. The summed E-state index contributed by atoms with van der Waals surface area (Å²) in [4.78, 5) is 11.2. The number of morpholine rings is 1. The molecule has 0 aliphatic carbocycles. The number of carboxylic acid groups (broad SMARTS) is 1. The first kappa shape index (κ1) is 17.3. The summed E-state index contributed by atoms with van der Waals surface area (Å²) < 4.78 is 37.0. The molecule has 1 aliphatic heterocycles. The molecule has 0 saturated carbocycles. The molecule has 118 valence electrons. The van der Waals surface area contributed by atoms with Gasteiger partial charge in [0.1, 0.15) is 0 Å². The predicted octanol–water partition coefficient (Wildman–Crippen LogP) is 1.62. The maximum Gasteiger partial charge on any atom is 0.490 e. The minimum atomic E-state index is -5.08. The highest BCUT2D eigenvalue weighted by atomic mass is 19.4. The highest BCUT2D eigenvalue weighted by Gasteiger charge is 2.38. The van der Waals surface area contributed by atoms with Crippen LogP contribution in [0.15, 0.2) is 24.3 Å². The van der Waals surface area contributed by atoms with Crippen molar-refractivity contribution in [2.75, 3.05) is 31.2 Å². The second-order valence-electron chi connectivity index (χ2n) is 4.28. The van der Waals surface area contributed by atoms with E-state index in [2.05, 4.69) is 29.2 Å². The van der Waals surface area contributed by atoms with E-state index in [1.807, 2.05) is 0 Å². The maximum atomic E-state index is 10.6. The summed E-state index contributed by atoms with van der Waals surface area (Å²) in [7, 11) is 0. The van der Waals surface area contributed by atoms with Crippen molar-refractivity contribution in [1.29, 1.82) is 0 Å². The van der Waals surface area contributed by atoms with E-state index >= 15 is 0 Å². The average molecular weight is 306 g/mol. The molecule has 5 nitrogen and oxygen atoms in total. The molecule has 0 radical (unpaired) electrons. The van der Waals surface area contributed by atoms with E-state index in [-0.39, 0.29) is 0 Å². The molecule has 0 bridgehead atoms. The number of rotatable bonds is 2. The Morgan fingerprint density at radius 1 is 1.33 bits per heavy atom. The van der Waals surface area contributed by atoms with Gasteiger partial charge < -0.3 is 20.5 Å². The van der Waals surface area contributed by atoms with Gasteiger partial charge in [-0.3, -0.25) is 0 Å². The normalized spacial score (nSPS) is 15.1. The van der Waals surface area contributed by atoms with Crippen LogP contribution in [0.25, 0.3) is 0 Å². The van der Waals surface area contributed by atoms with Crippen molar-refractivity contribution >= 4 is 11.7 Å². The Morgan fingerprint density at radius 3 is 2.38 bits per heavy atom. The minimum absolute atomic E-state index is 0.609. The van der Waals surface area contributed by atoms with E-state index < -0.39 is 12.1 Å². The van der Waals surface area contributed by atoms with Crippen LogP contribution < -0.4 is 10.6 Å². The molecular formula is C13H17F3N2O3. The number of anilines is 1. The third-order valence-corrected chi connectivity index (χ3v) is 2.77. The van der Waals surface area contributed by atoms with Crippen LogP contribution in [0, 0.1) is 0 Å². The van der Waals surface area contributed by atoms with Gasteiger partial charge in [0, 0.05) is 25.3 Å². The van der Waals surface area contributed by atoms with Crippen LogP contribution in [0.5, 0.6) is 0 Å². The first-order valence-corrected chi connectivity index (χ1v) is 6.26. The average Bonchev–Trinajstić information content (AvgIpc) is 2.48. The molecule has 0 atom stereocenters. The van der Waals surface area contributed by atoms with Crippen LogP contribution in [0.4, 0.5) is 18.9 Å². The fraction of sp³-hybridized carbons (Fsp3) is 0.462. The molecule has 0 spiro atoms. The summed E-state index contributed by atoms with van der Waals surface area (Å²) in [6.45, 7) is 4.22. The Hall–Kier alpha value is -1.80. The molecule has 1 aromatic rings. The van der Waals surface area contributed by atoms with Crippen molar-refractivity contribution < 1.29 is 27.8 Å². The van der Waals surface area contributed by atoms with Crippen molar-refractivity contribution in [3.05, 3.63) is 29.8 Å². The molecular weight excluding hydrogens is 289 g/mol. The summed E-state index contributed by atoms with van der Waals surface area (Å²) in [5.74, 6) is -2.76. The lowest BCUT2D eigenvalue weighted by atomic mass is 10.2. The number of hydrogen-bond donors (Lipinski definition) is 2. The van der Waals surface area contributed by atoms with Gasteiger partial charge in [-0.2, -0.15) is 13.2 Å². The number of nitrogens with zero attached hydrogens (tertiary/aromatic N) is 1. The van der Waals surface area contributed by atoms with Crippen molar-refractivity contribution in [3.8, 4) is 0 Å². The van der Waals surface area contributed by atoms with Gasteiger partial charge in [-0.15, -0.1) is 0 Å². The van der Waals surface area contributed by atoms with Gasteiger partial charge in [0.05, 0.1) is 13.2 Å². The summed E-state index contributed by atoms with van der Waals surface area (Å²) in [5.41, 5.74) is 8.05. The Morgan fingerprint density at radius 2 is 1.90 bits per heavy atom. The van der Waals surface area contributed by atoms with Crippen LogP contribution in [-0.4, -0.2) is 43.6 Å². The van der Waals surface area contributed by atoms with Crippen molar-refractivity contribution in [3.63, 3.8) is 0 Å². The van der Waals surface area contributed by atoms with Gasteiger partial charge in [0.15, 0.2) is 0 Å². The molecule has 1 fully saturated rings. The summed E-state index contributed by atoms with van der Waals surface area (Å²) >= 11 is 0. The largest absolute Gasteiger partial charge is 0.490 e. The smallest absolute Gasteiger partial charge is 0.475 e. The second kappa shape index (κ2) is 7.84. The number of carbonyl (C=O) groups is 1. The van der Waals surface area contributed by atoms with E-state index in [1.54, 1.807) is 0 Å². The van der Waals surface area contributed by atoms with Crippen LogP contribution in [-0.2, 0) is 16.1 Å². The van der Waals surface area contributed by atoms with Crippen LogP contribution >= 0.6 is 0 Å². The van der Waals surface area contributed by atoms with Gasteiger partial charge >= 0.3 is 12.1 Å². The van der Waals surface area contributed by atoms with Crippen molar-refractivity contribution in [2.24, 2.45) is 5.73 Å². The molecule has 21 heavy (non-hydrogen) atoms. The zero-order chi connectivity index (χ0) is 15.9. The van der Waals surface area contributed by atoms with E-state index in [0.29, 0.717) is 6.54 Å². The van der Waals surface area contributed by atoms with E-state index in [0.717, 1.165) is 26.3 Å². The summed E-state index contributed by atoms with van der Waals surface area (Å²) in [6.07, 6.45) is -5.08. The molecule has 3 N–H and O–H groups in total. The number of ether oxygens (including phenoxy) is 1. The quantitative estimate of drug-likeness (QED) is 0.868. The predicted molar refractivity (Wildman–Crippen MR) is 71.1 cm³/mol. The van der Waals surface area contributed by atoms with E-state index in [4.69, 9.17) is 20.4 Å². The van der Waals surface area contributed by atoms with Crippen LogP contribution in [0.3, 0.4) is 0 Å². The van der Waals surface area contributed by atoms with Gasteiger partial charge in [-0.1, -0.05) is 12.1 Å². The number of halogens is 3. The molecule has 1 aromatic carbocycles. The first-order chi connectivity index (χ1) is 9.84. The number of nitrogens with two attached hydrogens (primary N) is 1. The fourth-order valence-corrected chi connectivity index (χ4v) is 1.70. The zero-order valence-corrected chi connectivity index (χ0v) is 11.3. The van der Waals surface area contributed by atoms with E-state index in [9.17, 15) is 13.2 Å². The zero-order valence-electron chi connectivity index (χ0n) is 11.3. The van der Waals surface area contributed by atoms with Crippen LogP contribution in [0.1, 0.15) is 5.56 Å². The van der Waals surface area contributed by atoms with Gasteiger partial charge in [-0.05, 0) is 17.7 Å². The Kier molecular flexibility index (Phi) is 6.44. The number of benzene rings is 1. The summed E-state index contributed by atoms with van der Waals surface area (Å²) in [5, 5.41) is 7.12. The number of aliphatic carboxylic acids is 1. The molecule has 1 saturated heterocycles. The minimum Gasteiger partial charge on any atom is -0.475 e. The molecule has 2 rings (SSSR count). The van der Waals surface area contributed by atoms with Crippen molar-refractivity contribution in [2.45, 2.75) is 12.7 Å². The van der Waals surface area contributed by atoms with Gasteiger partial charge in [0.2, 0.25) is 0 Å². The highest BCUT2D eigenvalue weighted by Crippen LogP contribution is 2.17. The van der Waals surface area contributed by atoms with Gasteiger partial charge in [-0.25, -0.2) is 4.79 Å². The standard InChI is InChI=1S/C11H16N2O.C2HF3O2/c12-9-10-2-1-3-11(8-10)13-4-6-14-7-5-13;3-2(4,5)1(6)7/h1-3,8H,4-7,9,12H2;(H,6,7). The van der Waals surface area contributed by atoms with Gasteiger partial charge in [0.25, 0.3) is 0 Å². The summed E-state index contributed by atoms with van der Waals surface area (Å²) in [6, 6.07) is 8.41. The van der Waals surface area contributed by atoms with Crippen molar-refractivity contribution in [1.82, 2.24) is 0 Å². The Balaban J connectivity index is 0.000000270. The highest BCUT2D eigenvalue weighted by molar-refractivity contribution is 5.73. The molecule has 0 amide bonds. The maximum absolute atomic E-state index is 10.6. The monoisotopic (exact) mass is 306 g/mol. The lowest BCUT2D eigenvalue weighted by Gasteiger charge is -2.29. The number of hydrogen-bond acceptors (Lipinski definition) is 4. The number of alkyl halides is 3. The lowest BCUT2D eigenvalue weighted by molar-refractivity contribution is -0.192. The second-order valence-corrected chi connectivity index (χ2v) is 4.28. The SMILES string of the molecule is NCc1cccc(N2CCOCC2)c1.O=C(O)C(F)(F)F. The molecule has 1 aliphatic rings. The lowest BCUT2D eigenvalue weighted by Crippen LogP contribution is -2.36. The first-order valence-electron chi connectivity index (χ1n) is 6.26. The topological polar surface area (TPSA) is 75.8 Å². The number of carboxylic acids is 1. The Bertz CT molecular complexity index is 460. The fourth-order valence-electron chi connectivity index (χ4n) is 1.70. The van der Waals surface area contributed by atoms with E-state index in [1.165, 1.54) is 11.3 Å².